The maximum atomic E-state index is 12.6. The Labute approximate surface area is 156 Å². The number of nitrogens with zero attached hydrogens (tertiary/aromatic N) is 4. The summed E-state index contributed by atoms with van der Waals surface area (Å²) >= 11 is 0. The van der Waals surface area contributed by atoms with Crippen LogP contribution in [0.4, 0.5) is 0 Å². The molecule has 0 atom stereocenters. The van der Waals surface area contributed by atoms with Crippen molar-refractivity contribution in [2.24, 2.45) is 5.92 Å². The summed E-state index contributed by atoms with van der Waals surface area (Å²) in [5.41, 5.74) is 1.88. The molecule has 0 bridgehead atoms. The quantitative estimate of drug-likeness (QED) is 0.734. The summed E-state index contributed by atoms with van der Waals surface area (Å²) in [6.45, 7) is 3.24. The monoisotopic (exact) mass is 366 g/mol. The van der Waals surface area contributed by atoms with Crippen LogP contribution in [0, 0.1) is 12.8 Å². The Kier molecular flexibility index (Phi) is 4.62. The summed E-state index contributed by atoms with van der Waals surface area (Å²) in [6, 6.07) is 9.52. The lowest BCUT2D eigenvalue weighted by atomic mass is 9.93. The number of carbonyl (C=O) groups is 1. The number of likely N-dealkylation sites (tertiary alicyclic amines) is 1. The lowest BCUT2D eigenvalue weighted by Crippen LogP contribution is -2.39. The van der Waals surface area contributed by atoms with Gasteiger partial charge in [0, 0.05) is 25.2 Å². The summed E-state index contributed by atoms with van der Waals surface area (Å²) in [5, 5.41) is 6.78. The highest BCUT2D eigenvalue weighted by Crippen LogP contribution is 2.23. The molecular weight excluding hydrogens is 344 g/mol. The van der Waals surface area contributed by atoms with Crippen LogP contribution in [0.15, 0.2) is 41.5 Å². The molecule has 1 aliphatic rings. The molecule has 3 aromatic rings. The van der Waals surface area contributed by atoms with Gasteiger partial charge in [-0.1, -0.05) is 18.2 Å². The van der Waals surface area contributed by atoms with Gasteiger partial charge in [0.05, 0.1) is 12.0 Å². The summed E-state index contributed by atoms with van der Waals surface area (Å²) in [6.07, 6.45) is 4.02. The average Bonchev–Trinajstić information content (AvgIpc) is 3.28. The van der Waals surface area contributed by atoms with E-state index < -0.39 is 0 Å². The van der Waals surface area contributed by atoms with Gasteiger partial charge in [0.25, 0.3) is 5.91 Å². The van der Waals surface area contributed by atoms with Gasteiger partial charge in [-0.05, 0) is 37.8 Å². The summed E-state index contributed by atoms with van der Waals surface area (Å²) < 4.78 is 1.63. The molecule has 0 radical (unpaired) electrons. The number of H-pyrrole nitrogens is 2. The minimum atomic E-state index is -0.224. The minimum Gasteiger partial charge on any atom is -0.348 e. The first-order chi connectivity index (χ1) is 13.1. The molecule has 2 N–H and O–H groups in total. The van der Waals surface area contributed by atoms with Crippen LogP contribution in [0.5, 0.6) is 0 Å². The van der Waals surface area contributed by atoms with E-state index in [4.69, 9.17) is 0 Å². The lowest BCUT2D eigenvalue weighted by molar-refractivity contribution is 0.0683. The number of rotatable bonds is 4. The summed E-state index contributed by atoms with van der Waals surface area (Å²) in [4.78, 5) is 33.7. The van der Waals surface area contributed by atoms with Gasteiger partial charge in [0.2, 0.25) is 0 Å². The van der Waals surface area contributed by atoms with Crippen LogP contribution in [0.25, 0.3) is 5.69 Å². The van der Waals surface area contributed by atoms with Gasteiger partial charge in [0.1, 0.15) is 11.5 Å². The van der Waals surface area contributed by atoms with Crippen molar-refractivity contribution in [3.63, 3.8) is 0 Å². The van der Waals surface area contributed by atoms with E-state index in [0.717, 1.165) is 30.0 Å². The van der Waals surface area contributed by atoms with Crippen LogP contribution in [-0.4, -0.2) is 48.6 Å². The third-order valence-electron chi connectivity index (χ3n) is 5.16. The second-order valence-electron chi connectivity index (χ2n) is 6.93. The Morgan fingerprint density at radius 1 is 1.22 bits per heavy atom. The molecule has 1 fully saturated rings. The summed E-state index contributed by atoms with van der Waals surface area (Å²) in [7, 11) is 0. The zero-order valence-electron chi connectivity index (χ0n) is 15.2. The Bertz CT molecular complexity index is 979. The SMILES string of the molecule is Cc1[nH]cnc1C(=O)N1CCC(Cc2n[nH]c(=O)n2-c2ccccc2)CC1. The third kappa shape index (κ3) is 3.42. The third-order valence-corrected chi connectivity index (χ3v) is 5.16. The smallest absolute Gasteiger partial charge is 0.347 e. The van der Waals surface area contributed by atoms with Crippen LogP contribution in [-0.2, 0) is 6.42 Å². The number of imidazole rings is 1. The van der Waals surface area contributed by atoms with E-state index in [1.807, 2.05) is 42.2 Å². The minimum absolute atomic E-state index is 0.0202. The fraction of sp³-hybridized carbons (Fsp3) is 0.368. The van der Waals surface area contributed by atoms with Crippen molar-refractivity contribution in [3.8, 4) is 5.69 Å². The topological polar surface area (TPSA) is 99.7 Å². The molecule has 1 aliphatic heterocycles. The van der Waals surface area contributed by atoms with Crippen molar-refractivity contribution >= 4 is 5.91 Å². The maximum Gasteiger partial charge on any atom is 0.347 e. The molecule has 0 aliphatic carbocycles. The highest BCUT2D eigenvalue weighted by atomic mass is 16.2. The Morgan fingerprint density at radius 2 is 1.96 bits per heavy atom. The first-order valence-electron chi connectivity index (χ1n) is 9.14. The normalized spacial score (nSPS) is 15.2. The number of carbonyl (C=O) groups excluding carboxylic acids is 1. The molecule has 4 rings (SSSR count). The zero-order chi connectivity index (χ0) is 18.8. The van der Waals surface area contributed by atoms with Crippen molar-refractivity contribution in [2.75, 3.05) is 13.1 Å². The van der Waals surface area contributed by atoms with Gasteiger partial charge in [-0.2, -0.15) is 5.10 Å². The molecule has 0 unspecified atom stereocenters. The van der Waals surface area contributed by atoms with Crippen LogP contribution < -0.4 is 5.69 Å². The van der Waals surface area contributed by atoms with Crippen molar-refractivity contribution in [3.05, 3.63) is 64.4 Å². The van der Waals surface area contributed by atoms with Crippen LogP contribution >= 0.6 is 0 Å². The van der Waals surface area contributed by atoms with Crippen molar-refractivity contribution in [2.45, 2.75) is 26.2 Å². The van der Waals surface area contributed by atoms with Crippen LogP contribution in [0.3, 0.4) is 0 Å². The number of aryl methyl sites for hydroxylation is 1. The fourth-order valence-electron chi connectivity index (χ4n) is 3.63. The number of hydrogen-bond acceptors (Lipinski definition) is 4. The molecule has 8 heteroatoms. The van der Waals surface area contributed by atoms with E-state index in [1.165, 1.54) is 0 Å². The number of hydrogen-bond donors (Lipinski definition) is 2. The first-order valence-corrected chi connectivity index (χ1v) is 9.14. The van der Waals surface area contributed by atoms with E-state index in [0.29, 0.717) is 31.1 Å². The average molecular weight is 366 g/mol. The molecule has 2 aromatic heterocycles. The summed E-state index contributed by atoms with van der Waals surface area (Å²) in [5.74, 6) is 1.10. The predicted octanol–water partition coefficient (Wildman–Crippen LogP) is 1.69. The number of amides is 1. The van der Waals surface area contributed by atoms with E-state index in [1.54, 1.807) is 10.9 Å². The van der Waals surface area contributed by atoms with Crippen LogP contribution in [0.1, 0.15) is 34.8 Å². The van der Waals surface area contributed by atoms with E-state index in [9.17, 15) is 9.59 Å². The van der Waals surface area contributed by atoms with Gasteiger partial charge in [-0.25, -0.2) is 19.4 Å². The molecular formula is C19H22N6O2. The number of aromatic nitrogens is 5. The van der Waals surface area contributed by atoms with E-state index in [2.05, 4.69) is 20.2 Å². The largest absolute Gasteiger partial charge is 0.348 e. The predicted molar refractivity (Wildman–Crippen MR) is 99.8 cm³/mol. The first kappa shape index (κ1) is 17.3. The second-order valence-corrected chi connectivity index (χ2v) is 6.93. The van der Waals surface area contributed by atoms with Crippen molar-refractivity contribution in [1.82, 2.24) is 29.6 Å². The molecule has 27 heavy (non-hydrogen) atoms. The second kappa shape index (κ2) is 7.22. The number of benzene rings is 1. The number of nitrogens with one attached hydrogen (secondary N) is 2. The molecule has 8 nitrogen and oxygen atoms in total. The van der Waals surface area contributed by atoms with Gasteiger partial charge < -0.3 is 9.88 Å². The highest BCUT2D eigenvalue weighted by Gasteiger charge is 2.27. The Morgan fingerprint density at radius 3 is 2.63 bits per heavy atom. The number of aromatic amines is 2. The lowest BCUT2D eigenvalue weighted by Gasteiger charge is -2.31. The maximum absolute atomic E-state index is 12.6. The molecule has 140 valence electrons. The van der Waals surface area contributed by atoms with Gasteiger partial charge in [-0.15, -0.1) is 0 Å². The molecule has 1 aromatic carbocycles. The fourth-order valence-corrected chi connectivity index (χ4v) is 3.63. The van der Waals surface area contributed by atoms with Gasteiger partial charge in [0.15, 0.2) is 0 Å². The van der Waals surface area contributed by atoms with Crippen molar-refractivity contribution in [1.29, 1.82) is 0 Å². The molecule has 0 spiro atoms. The molecule has 0 saturated carbocycles. The van der Waals surface area contributed by atoms with Crippen molar-refractivity contribution < 1.29 is 4.79 Å². The van der Waals surface area contributed by atoms with Crippen LogP contribution in [0.2, 0.25) is 0 Å². The standard InChI is InChI=1S/C19H22N6O2/c1-13-17(21-12-20-13)18(26)24-9-7-14(8-10-24)11-16-22-23-19(27)25(16)15-5-3-2-4-6-15/h2-6,12,14H,7-11H2,1H3,(H,20,21)(H,23,27). The highest BCUT2D eigenvalue weighted by molar-refractivity contribution is 5.93. The molecule has 1 saturated heterocycles. The molecule has 3 heterocycles. The Hall–Kier alpha value is -3.16. The Balaban J connectivity index is 1.43. The number of piperidine rings is 1. The van der Waals surface area contributed by atoms with Gasteiger partial charge >= 0.3 is 5.69 Å². The van der Waals surface area contributed by atoms with E-state index >= 15 is 0 Å². The zero-order valence-corrected chi connectivity index (χ0v) is 15.2. The number of para-hydroxylation sites is 1. The van der Waals surface area contributed by atoms with E-state index in [-0.39, 0.29) is 11.6 Å². The molecule has 1 amide bonds. The van der Waals surface area contributed by atoms with Gasteiger partial charge in [-0.3, -0.25) is 4.79 Å².